The molecule has 2 aliphatic rings. The van der Waals surface area contributed by atoms with Gasteiger partial charge in [0, 0.05) is 31.3 Å². The fourth-order valence-corrected chi connectivity index (χ4v) is 4.24. The second kappa shape index (κ2) is 5.97. The summed E-state index contributed by atoms with van der Waals surface area (Å²) in [5.41, 5.74) is 1.12. The lowest BCUT2D eigenvalue weighted by Gasteiger charge is -2.42. The molecule has 0 N–H and O–H groups in total. The van der Waals surface area contributed by atoms with Crippen LogP contribution in [0.15, 0.2) is 29.2 Å². The van der Waals surface area contributed by atoms with Crippen LogP contribution in [0, 0.1) is 5.92 Å². The van der Waals surface area contributed by atoms with Crippen LogP contribution in [0.1, 0.15) is 26.2 Å². The van der Waals surface area contributed by atoms with Crippen LogP contribution in [0.25, 0.3) is 0 Å². The lowest BCUT2D eigenvalue weighted by molar-refractivity contribution is -0.0357. The number of piperidine rings is 1. The molecule has 2 atom stereocenters. The number of nitrogens with zero attached hydrogens (tertiary/aromatic N) is 1. The molecule has 3 rings (SSSR count). The van der Waals surface area contributed by atoms with Gasteiger partial charge in [-0.3, -0.25) is 0 Å². The van der Waals surface area contributed by atoms with Gasteiger partial charge in [-0.05, 0) is 43.5 Å². The van der Waals surface area contributed by atoms with Gasteiger partial charge >= 0.3 is 0 Å². The summed E-state index contributed by atoms with van der Waals surface area (Å²) in [6.45, 7) is 4.59. The van der Waals surface area contributed by atoms with Gasteiger partial charge in [0.05, 0.1) is 16.8 Å². The molecular formula is C16H23NO3S. The molecule has 0 bridgehead atoms. The number of fused-ring (bicyclic) bond motifs is 1. The molecule has 116 valence electrons. The fourth-order valence-electron chi connectivity index (χ4n) is 3.35. The standard InChI is InChI=1S/C16H23NO3S/c1-2-21(18,19)15-7-5-14(6-8-15)17-10-9-16-13(12-17)4-3-11-20-16/h5-8,13,16H,2-4,9-12H2,1H3/t13-,16-/m1/s1. The van der Waals surface area contributed by atoms with Crippen molar-refractivity contribution in [2.24, 2.45) is 5.92 Å². The van der Waals surface area contributed by atoms with Crippen molar-refractivity contribution in [1.29, 1.82) is 0 Å². The van der Waals surface area contributed by atoms with Gasteiger partial charge in [-0.25, -0.2) is 8.42 Å². The maximum atomic E-state index is 11.8. The van der Waals surface area contributed by atoms with E-state index >= 15 is 0 Å². The van der Waals surface area contributed by atoms with Crippen LogP contribution in [-0.2, 0) is 14.6 Å². The highest BCUT2D eigenvalue weighted by Gasteiger charge is 2.32. The van der Waals surface area contributed by atoms with Gasteiger partial charge in [0.15, 0.2) is 9.84 Å². The van der Waals surface area contributed by atoms with Crippen molar-refractivity contribution in [2.45, 2.75) is 37.2 Å². The maximum Gasteiger partial charge on any atom is 0.178 e. The second-order valence-electron chi connectivity index (χ2n) is 5.94. The molecule has 21 heavy (non-hydrogen) atoms. The Kier molecular flexibility index (Phi) is 4.22. The molecule has 2 fully saturated rings. The molecule has 2 aliphatic heterocycles. The van der Waals surface area contributed by atoms with Crippen LogP contribution in [0.4, 0.5) is 5.69 Å². The predicted octanol–water partition coefficient (Wildman–Crippen LogP) is 2.49. The van der Waals surface area contributed by atoms with Crippen molar-refractivity contribution in [3.8, 4) is 0 Å². The number of anilines is 1. The zero-order chi connectivity index (χ0) is 14.9. The monoisotopic (exact) mass is 309 g/mol. The number of hydrogen-bond donors (Lipinski definition) is 0. The molecule has 1 aromatic carbocycles. The third-order valence-corrected chi connectivity index (χ3v) is 6.41. The highest BCUT2D eigenvalue weighted by atomic mass is 32.2. The molecule has 0 unspecified atom stereocenters. The Hall–Kier alpha value is -1.07. The number of sulfone groups is 1. The van der Waals surface area contributed by atoms with Crippen LogP contribution in [0.5, 0.6) is 0 Å². The fraction of sp³-hybridized carbons (Fsp3) is 0.625. The highest BCUT2D eigenvalue weighted by molar-refractivity contribution is 7.91. The first-order chi connectivity index (χ1) is 10.1. The normalized spacial score (nSPS) is 26.4. The third kappa shape index (κ3) is 3.09. The van der Waals surface area contributed by atoms with Crippen molar-refractivity contribution < 1.29 is 13.2 Å². The van der Waals surface area contributed by atoms with E-state index in [0.717, 1.165) is 38.2 Å². The van der Waals surface area contributed by atoms with Gasteiger partial charge in [0.2, 0.25) is 0 Å². The minimum atomic E-state index is -3.10. The summed E-state index contributed by atoms with van der Waals surface area (Å²) in [5, 5.41) is 0. The summed E-state index contributed by atoms with van der Waals surface area (Å²) in [4.78, 5) is 2.78. The first-order valence-corrected chi connectivity index (χ1v) is 9.45. The van der Waals surface area contributed by atoms with Gasteiger partial charge in [0.1, 0.15) is 0 Å². The first kappa shape index (κ1) is 14.9. The lowest BCUT2D eigenvalue weighted by atomic mass is 9.88. The smallest absolute Gasteiger partial charge is 0.178 e. The minimum absolute atomic E-state index is 0.150. The van der Waals surface area contributed by atoms with Crippen LogP contribution >= 0.6 is 0 Å². The van der Waals surface area contributed by atoms with Crippen molar-refractivity contribution in [1.82, 2.24) is 0 Å². The van der Waals surface area contributed by atoms with Gasteiger partial charge in [-0.1, -0.05) is 6.92 Å². The SMILES string of the molecule is CCS(=O)(=O)c1ccc(N2CC[C@H]3OCCC[C@@H]3C2)cc1. The van der Waals surface area contributed by atoms with Crippen LogP contribution in [0.2, 0.25) is 0 Å². The Bertz CT molecular complexity index is 582. The van der Waals surface area contributed by atoms with E-state index in [1.54, 1.807) is 19.1 Å². The summed E-state index contributed by atoms with van der Waals surface area (Å²) < 4.78 is 29.5. The molecular weight excluding hydrogens is 286 g/mol. The maximum absolute atomic E-state index is 11.8. The molecule has 0 spiro atoms. The Morgan fingerprint density at radius 2 is 2.00 bits per heavy atom. The van der Waals surface area contributed by atoms with Gasteiger partial charge < -0.3 is 9.64 Å². The molecule has 5 heteroatoms. The summed E-state index contributed by atoms with van der Waals surface area (Å²) in [6.07, 6.45) is 3.89. The number of benzene rings is 1. The number of ether oxygens (including phenoxy) is 1. The zero-order valence-corrected chi connectivity index (χ0v) is 13.3. The summed E-state index contributed by atoms with van der Waals surface area (Å²) in [7, 11) is -3.10. The largest absolute Gasteiger partial charge is 0.378 e. The molecule has 2 heterocycles. The van der Waals surface area contributed by atoms with Gasteiger partial charge in [0.25, 0.3) is 0 Å². The molecule has 1 aromatic rings. The van der Waals surface area contributed by atoms with Gasteiger partial charge in [-0.15, -0.1) is 0 Å². The predicted molar refractivity (Wildman–Crippen MR) is 83.5 cm³/mol. The number of rotatable bonds is 3. The van der Waals surface area contributed by atoms with E-state index in [0.29, 0.717) is 16.9 Å². The first-order valence-electron chi connectivity index (χ1n) is 7.79. The third-order valence-electron chi connectivity index (χ3n) is 4.66. The molecule has 0 saturated carbocycles. The Labute approximate surface area is 127 Å². The highest BCUT2D eigenvalue weighted by Crippen LogP contribution is 2.31. The average Bonchev–Trinajstić information content (AvgIpc) is 2.54. The lowest BCUT2D eigenvalue weighted by Crippen LogP contribution is -2.46. The molecule has 0 aromatic heterocycles. The van der Waals surface area contributed by atoms with Crippen molar-refractivity contribution in [3.05, 3.63) is 24.3 Å². The van der Waals surface area contributed by atoms with E-state index in [1.807, 2.05) is 12.1 Å². The molecule has 4 nitrogen and oxygen atoms in total. The van der Waals surface area contributed by atoms with Crippen molar-refractivity contribution >= 4 is 15.5 Å². The van der Waals surface area contributed by atoms with E-state index in [2.05, 4.69) is 4.90 Å². The summed E-state index contributed by atoms with van der Waals surface area (Å²) >= 11 is 0. The van der Waals surface area contributed by atoms with Crippen LogP contribution in [-0.4, -0.2) is 40.0 Å². The van der Waals surface area contributed by atoms with Crippen LogP contribution in [0.3, 0.4) is 0 Å². The summed E-state index contributed by atoms with van der Waals surface area (Å²) in [5.74, 6) is 0.767. The van der Waals surface area contributed by atoms with E-state index in [-0.39, 0.29) is 5.75 Å². The summed E-state index contributed by atoms with van der Waals surface area (Å²) in [6, 6.07) is 7.34. The Balaban J connectivity index is 1.73. The van der Waals surface area contributed by atoms with E-state index in [9.17, 15) is 8.42 Å². The average molecular weight is 309 g/mol. The minimum Gasteiger partial charge on any atom is -0.378 e. The quantitative estimate of drug-likeness (QED) is 0.860. The van der Waals surface area contributed by atoms with Crippen molar-refractivity contribution in [2.75, 3.05) is 30.3 Å². The molecule has 0 radical (unpaired) electrons. The number of hydrogen-bond acceptors (Lipinski definition) is 4. The Morgan fingerprint density at radius 3 is 2.71 bits per heavy atom. The van der Waals surface area contributed by atoms with E-state index in [1.165, 1.54) is 6.42 Å². The van der Waals surface area contributed by atoms with Crippen LogP contribution < -0.4 is 4.90 Å². The molecule has 2 saturated heterocycles. The van der Waals surface area contributed by atoms with Crippen molar-refractivity contribution in [3.63, 3.8) is 0 Å². The zero-order valence-electron chi connectivity index (χ0n) is 12.5. The Morgan fingerprint density at radius 1 is 1.24 bits per heavy atom. The molecule has 0 amide bonds. The molecule has 0 aliphatic carbocycles. The van der Waals surface area contributed by atoms with E-state index in [4.69, 9.17) is 4.74 Å². The second-order valence-corrected chi connectivity index (χ2v) is 8.22. The van der Waals surface area contributed by atoms with E-state index < -0.39 is 9.84 Å². The topological polar surface area (TPSA) is 46.6 Å². The van der Waals surface area contributed by atoms with Gasteiger partial charge in [-0.2, -0.15) is 0 Å².